The van der Waals surface area contributed by atoms with Crippen LogP contribution in [-0.4, -0.2) is 23.3 Å². The van der Waals surface area contributed by atoms with Crippen molar-refractivity contribution in [1.82, 2.24) is 4.98 Å². The lowest BCUT2D eigenvalue weighted by Crippen LogP contribution is -2.05. The first-order valence-corrected chi connectivity index (χ1v) is 5.41. The molecule has 0 radical (unpaired) electrons. The maximum atomic E-state index is 8.68. The van der Waals surface area contributed by atoms with Crippen LogP contribution in [0.4, 0.5) is 0 Å². The topological polar surface area (TPSA) is 42.4 Å². The van der Waals surface area contributed by atoms with Gasteiger partial charge in [-0.15, -0.1) is 0 Å². The summed E-state index contributed by atoms with van der Waals surface area (Å²) >= 11 is 0. The Labute approximate surface area is 91.1 Å². The predicted octanol–water partition coefficient (Wildman–Crippen LogP) is 2.04. The van der Waals surface area contributed by atoms with Gasteiger partial charge in [0.25, 0.3) is 0 Å². The van der Waals surface area contributed by atoms with Crippen LogP contribution in [0.1, 0.15) is 25.8 Å². The fourth-order valence-electron chi connectivity index (χ4n) is 1.33. The number of aliphatic hydroxyl groups excluding tert-OH is 1. The van der Waals surface area contributed by atoms with Crippen molar-refractivity contribution in [3.8, 4) is 5.88 Å². The molecule has 1 rings (SSSR count). The Kier molecular flexibility index (Phi) is 5.12. The molecule has 0 aliphatic carbocycles. The van der Waals surface area contributed by atoms with E-state index in [4.69, 9.17) is 9.84 Å². The summed E-state index contributed by atoms with van der Waals surface area (Å²) in [4.78, 5) is 4.16. The number of ether oxygens (including phenoxy) is 1. The zero-order valence-electron chi connectivity index (χ0n) is 9.44. The lowest BCUT2D eigenvalue weighted by Gasteiger charge is -2.10. The van der Waals surface area contributed by atoms with Gasteiger partial charge in [0.15, 0.2) is 0 Å². The van der Waals surface area contributed by atoms with E-state index in [2.05, 4.69) is 18.8 Å². The Bertz CT molecular complexity index is 287. The molecule has 1 heterocycles. The summed E-state index contributed by atoms with van der Waals surface area (Å²) in [5, 5.41) is 8.68. The minimum Gasteiger partial charge on any atom is -0.475 e. The highest BCUT2D eigenvalue weighted by molar-refractivity contribution is 5.25. The molecule has 0 fully saturated rings. The molecule has 0 spiro atoms. The van der Waals surface area contributed by atoms with Crippen molar-refractivity contribution in [2.75, 3.05) is 13.2 Å². The van der Waals surface area contributed by atoms with Gasteiger partial charge in [-0.05, 0) is 24.8 Å². The first-order chi connectivity index (χ1) is 7.24. The Hall–Kier alpha value is -1.09. The Morgan fingerprint density at radius 2 is 2.27 bits per heavy atom. The molecule has 15 heavy (non-hydrogen) atoms. The summed E-state index contributed by atoms with van der Waals surface area (Å²) in [5.41, 5.74) is 1.12. The molecule has 3 nitrogen and oxygen atoms in total. The van der Waals surface area contributed by atoms with Crippen molar-refractivity contribution >= 4 is 0 Å². The number of aryl methyl sites for hydroxylation is 1. The largest absolute Gasteiger partial charge is 0.475 e. The van der Waals surface area contributed by atoms with E-state index in [0.717, 1.165) is 18.4 Å². The Balaban J connectivity index is 2.59. The third-order valence-corrected chi connectivity index (χ3v) is 2.17. The van der Waals surface area contributed by atoms with Crippen LogP contribution in [-0.2, 0) is 6.42 Å². The number of hydrogen-bond donors (Lipinski definition) is 1. The van der Waals surface area contributed by atoms with Crippen molar-refractivity contribution in [2.24, 2.45) is 5.92 Å². The maximum absolute atomic E-state index is 8.68. The van der Waals surface area contributed by atoms with Crippen molar-refractivity contribution in [3.63, 3.8) is 0 Å². The zero-order chi connectivity index (χ0) is 11.1. The standard InChI is InChI=1S/C12H19NO2/c1-10(2)5-6-11-4-3-7-13-12(11)15-9-8-14/h3-4,7,10,14H,5-6,8-9H2,1-2H3. The third-order valence-electron chi connectivity index (χ3n) is 2.17. The second-order valence-corrected chi connectivity index (χ2v) is 3.97. The summed E-state index contributed by atoms with van der Waals surface area (Å²) in [6.45, 7) is 4.74. The molecule has 0 unspecified atom stereocenters. The summed E-state index contributed by atoms with van der Waals surface area (Å²) in [7, 11) is 0. The monoisotopic (exact) mass is 209 g/mol. The third kappa shape index (κ3) is 4.30. The molecular weight excluding hydrogens is 190 g/mol. The normalized spacial score (nSPS) is 10.7. The molecule has 1 aromatic heterocycles. The van der Waals surface area contributed by atoms with Crippen LogP contribution < -0.4 is 4.74 Å². The number of hydrogen-bond acceptors (Lipinski definition) is 3. The zero-order valence-corrected chi connectivity index (χ0v) is 9.44. The van der Waals surface area contributed by atoms with E-state index < -0.39 is 0 Å². The molecule has 0 aromatic carbocycles. The van der Waals surface area contributed by atoms with Crippen LogP contribution >= 0.6 is 0 Å². The molecule has 0 aliphatic rings. The van der Waals surface area contributed by atoms with E-state index >= 15 is 0 Å². The van der Waals surface area contributed by atoms with Crippen LogP contribution in [0.25, 0.3) is 0 Å². The van der Waals surface area contributed by atoms with Gasteiger partial charge >= 0.3 is 0 Å². The number of nitrogens with zero attached hydrogens (tertiary/aromatic N) is 1. The van der Waals surface area contributed by atoms with Crippen LogP contribution in [0.5, 0.6) is 5.88 Å². The van der Waals surface area contributed by atoms with E-state index in [9.17, 15) is 0 Å². The molecule has 0 aliphatic heterocycles. The minimum atomic E-state index is 0.0280. The predicted molar refractivity (Wildman–Crippen MR) is 60.0 cm³/mol. The first kappa shape index (κ1) is 12.0. The van der Waals surface area contributed by atoms with E-state index in [0.29, 0.717) is 18.4 Å². The maximum Gasteiger partial charge on any atom is 0.216 e. The second kappa shape index (κ2) is 6.40. The van der Waals surface area contributed by atoms with Gasteiger partial charge in [-0.2, -0.15) is 0 Å². The quantitative estimate of drug-likeness (QED) is 0.779. The molecule has 3 heteroatoms. The molecule has 0 saturated heterocycles. The van der Waals surface area contributed by atoms with Gasteiger partial charge in [0, 0.05) is 11.8 Å². The van der Waals surface area contributed by atoms with Gasteiger partial charge in [0.05, 0.1) is 6.61 Å². The molecule has 1 aromatic rings. The smallest absolute Gasteiger partial charge is 0.216 e. The number of aliphatic hydroxyl groups is 1. The highest BCUT2D eigenvalue weighted by Crippen LogP contribution is 2.18. The van der Waals surface area contributed by atoms with Gasteiger partial charge in [-0.3, -0.25) is 0 Å². The highest BCUT2D eigenvalue weighted by atomic mass is 16.5. The van der Waals surface area contributed by atoms with Crippen LogP contribution in [0.15, 0.2) is 18.3 Å². The van der Waals surface area contributed by atoms with Crippen molar-refractivity contribution in [1.29, 1.82) is 0 Å². The van der Waals surface area contributed by atoms with Crippen LogP contribution in [0.2, 0.25) is 0 Å². The summed E-state index contributed by atoms with van der Waals surface area (Å²) < 4.78 is 5.36. The van der Waals surface area contributed by atoms with E-state index in [1.807, 2.05) is 12.1 Å². The van der Waals surface area contributed by atoms with Crippen molar-refractivity contribution in [3.05, 3.63) is 23.9 Å². The number of rotatable bonds is 6. The van der Waals surface area contributed by atoms with Crippen LogP contribution in [0, 0.1) is 5.92 Å². The lowest BCUT2D eigenvalue weighted by atomic mass is 10.0. The summed E-state index contributed by atoms with van der Waals surface area (Å²) in [6.07, 6.45) is 3.82. The van der Waals surface area contributed by atoms with E-state index in [-0.39, 0.29) is 6.61 Å². The number of aromatic nitrogens is 1. The molecule has 0 bridgehead atoms. The molecule has 0 amide bonds. The van der Waals surface area contributed by atoms with Crippen molar-refractivity contribution in [2.45, 2.75) is 26.7 Å². The number of pyridine rings is 1. The molecular formula is C12H19NO2. The van der Waals surface area contributed by atoms with Gasteiger partial charge in [0.1, 0.15) is 6.61 Å². The molecule has 0 atom stereocenters. The Morgan fingerprint density at radius 3 is 2.93 bits per heavy atom. The molecule has 1 N–H and O–H groups in total. The second-order valence-electron chi connectivity index (χ2n) is 3.97. The Morgan fingerprint density at radius 1 is 1.47 bits per heavy atom. The molecule has 0 saturated carbocycles. The fraction of sp³-hybridized carbons (Fsp3) is 0.583. The summed E-state index contributed by atoms with van der Waals surface area (Å²) in [5.74, 6) is 1.34. The van der Waals surface area contributed by atoms with Gasteiger partial charge in [-0.1, -0.05) is 19.9 Å². The lowest BCUT2D eigenvalue weighted by molar-refractivity contribution is 0.195. The minimum absolute atomic E-state index is 0.0280. The average Bonchev–Trinajstić information content (AvgIpc) is 2.24. The van der Waals surface area contributed by atoms with Gasteiger partial charge < -0.3 is 9.84 Å². The van der Waals surface area contributed by atoms with Gasteiger partial charge in [0.2, 0.25) is 5.88 Å². The highest BCUT2D eigenvalue weighted by Gasteiger charge is 2.05. The van der Waals surface area contributed by atoms with Crippen LogP contribution in [0.3, 0.4) is 0 Å². The first-order valence-electron chi connectivity index (χ1n) is 5.41. The van der Waals surface area contributed by atoms with E-state index in [1.165, 1.54) is 0 Å². The average molecular weight is 209 g/mol. The van der Waals surface area contributed by atoms with Gasteiger partial charge in [-0.25, -0.2) is 4.98 Å². The summed E-state index contributed by atoms with van der Waals surface area (Å²) in [6, 6.07) is 3.95. The van der Waals surface area contributed by atoms with Crippen molar-refractivity contribution < 1.29 is 9.84 Å². The van der Waals surface area contributed by atoms with E-state index in [1.54, 1.807) is 6.20 Å². The SMILES string of the molecule is CC(C)CCc1cccnc1OCCO. The molecule has 84 valence electrons. The fourth-order valence-corrected chi connectivity index (χ4v) is 1.33.